The minimum absolute atomic E-state index is 0.0145. The van der Waals surface area contributed by atoms with Crippen molar-refractivity contribution in [3.8, 4) is 0 Å². The number of aromatic amines is 1. The van der Waals surface area contributed by atoms with Crippen LogP contribution in [-0.2, 0) is 21.3 Å². The van der Waals surface area contributed by atoms with Gasteiger partial charge in [0.25, 0.3) is 11.5 Å². The maximum absolute atomic E-state index is 13.6. The lowest BCUT2D eigenvalue weighted by Gasteiger charge is -2.31. The molecule has 0 spiro atoms. The highest BCUT2D eigenvalue weighted by atomic mass is 32.2. The topological polar surface area (TPSA) is 151 Å². The van der Waals surface area contributed by atoms with Gasteiger partial charge in [-0.25, -0.2) is 13.2 Å². The summed E-state index contributed by atoms with van der Waals surface area (Å²) in [6.07, 6.45) is 1.44. The Labute approximate surface area is 210 Å². The van der Waals surface area contributed by atoms with Gasteiger partial charge < -0.3 is 15.4 Å². The van der Waals surface area contributed by atoms with Crippen LogP contribution < -0.4 is 21.9 Å². The molecule has 0 radical (unpaired) electrons. The molecule has 2 aromatic rings. The molecule has 1 fully saturated rings. The van der Waals surface area contributed by atoms with E-state index in [-0.39, 0.29) is 41.7 Å². The Morgan fingerprint density at radius 3 is 2.53 bits per heavy atom. The molecule has 3 N–H and O–H groups in total. The molecule has 36 heavy (non-hydrogen) atoms. The second-order valence-electron chi connectivity index (χ2n) is 8.68. The number of benzene rings is 1. The van der Waals surface area contributed by atoms with Crippen molar-refractivity contribution < 1.29 is 17.9 Å². The van der Waals surface area contributed by atoms with E-state index >= 15 is 0 Å². The van der Waals surface area contributed by atoms with E-state index in [1.807, 2.05) is 18.9 Å². The molecule has 0 unspecified atom stereocenters. The smallest absolute Gasteiger partial charge is 0.330 e. The minimum atomic E-state index is -3.81. The van der Waals surface area contributed by atoms with E-state index in [0.717, 1.165) is 11.3 Å². The summed E-state index contributed by atoms with van der Waals surface area (Å²) >= 11 is 0. The number of H-pyrrole nitrogens is 1. The molecule has 0 aliphatic carbocycles. The van der Waals surface area contributed by atoms with Crippen molar-refractivity contribution in [1.29, 1.82) is 0 Å². The Balaban J connectivity index is 2.02. The van der Waals surface area contributed by atoms with Crippen LogP contribution in [0, 0.1) is 0 Å². The molecule has 1 saturated heterocycles. The number of methoxy groups -OCH3 is 1. The fourth-order valence-electron chi connectivity index (χ4n) is 4.00. The Morgan fingerprint density at radius 2 is 1.89 bits per heavy atom. The molecule has 2 heterocycles. The number of nitrogens with one attached hydrogen (secondary N) is 1. The van der Waals surface area contributed by atoms with Crippen LogP contribution >= 0.6 is 0 Å². The fourth-order valence-corrected chi connectivity index (χ4v) is 5.47. The number of nitrogens with zero attached hydrogens (tertiary/aromatic N) is 4. The van der Waals surface area contributed by atoms with Crippen LogP contribution in [0.25, 0.3) is 0 Å². The molecule has 1 aliphatic rings. The third-order valence-corrected chi connectivity index (χ3v) is 8.06. The Bertz CT molecular complexity index is 1300. The highest BCUT2D eigenvalue weighted by Crippen LogP contribution is 2.23. The van der Waals surface area contributed by atoms with Crippen molar-refractivity contribution in [3.63, 3.8) is 0 Å². The van der Waals surface area contributed by atoms with Gasteiger partial charge in [0.2, 0.25) is 10.0 Å². The largest absolute Gasteiger partial charge is 0.383 e. The predicted octanol–water partition coefficient (Wildman–Crippen LogP) is 0.148. The number of carbonyl (C=O) groups is 1. The molecule has 1 aliphatic heterocycles. The lowest BCUT2D eigenvalue weighted by Crippen LogP contribution is -2.47. The Kier molecular flexibility index (Phi) is 9.06. The number of unbranched alkanes of at least 4 members (excludes halogenated alkanes) is 1. The number of nitrogens with two attached hydrogens (primary N) is 1. The van der Waals surface area contributed by atoms with E-state index < -0.39 is 27.2 Å². The summed E-state index contributed by atoms with van der Waals surface area (Å²) in [5, 5.41) is 0. The standard InChI is InChI=1S/C23H34N6O6S/c1-4-5-9-29-20(24)19(21(30)25-23(29)32)28(14-15-35-3)22(31)17-7-6-8-18(16-17)36(33,34)27-12-10-26(2)11-13-27/h6-8,16H,4-5,9-15,24H2,1-3H3,(H,25,30,32). The summed E-state index contributed by atoms with van der Waals surface area (Å²) in [6, 6.07) is 5.70. The first-order valence-electron chi connectivity index (χ1n) is 11.8. The van der Waals surface area contributed by atoms with Crippen LogP contribution in [0.15, 0.2) is 38.8 Å². The first-order chi connectivity index (χ1) is 17.1. The number of nitrogen functional groups attached to an aromatic ring is 1. The third kappa shape index (κ3) is 5.86. The maximum atomic E-state index is 13.6. The zero-order valence-corrected chi connectivity index (χ0v) is 21.7. The van der Waals surface area contributed by atoms with Gasteiger partial charge in [0.15, 0.2) is 5.69 Å². The van der Waals surface area contributed by atoms with Gasteiger partial charge in [-0.15, -0.1) is 0 Å². The number of likely N-dealkylation sites (N-methyl/N-ethyl adjacent to an activating group) is 1. The van der Waals surface area contributed by atoms with Gasteiger partial charge in [-0.05, 0) is 31.7 Å². The van der Waals surface area contributed by atoms with Crippen molar-refractivity contribution in [3.05, 3.63) is 50.7 Å². The SMILES string of the molecule is CCCCn1c(N)c(N(CCOC)C(=O)c2cccc(S(=O)(=O)N3CCN(C)CC3)c2)c(=O)[nH]c1=O. The average molecular weight is 523 g/mol. The molecule has 1 aromatic carbocycles. The number of piperazine rings is 1. The quantitative estimate of drug-likeness (QED) is 0.447. The number of hydrogen-bond donors (Lipinski definition) is 2. The van der Waals surface area contributed by atoms with Crippen LogP contribution in [0.3, 0.4) is 0 Å². The van der Waals surface area contributed by atoms with Gasteiger partial charge in [-0.3, -0.25) is 24.0 Å². The van der Waals surface area contributed by atoms with Crippen LogP contribution in [0.2, 0.25) is 0 Å². The Morgan fingerprint density at radius 1 is 1.19 bits per heavy atom. The highest BCUT2D eigenvalue weighted by Gasteiger charge is 2.30. The molecule has 0 bridgehead atoms. The van der Waals surface area contributed by atoms with Crippen molar-refractivity contribution >= 4 is 27.4 Å². The molecule has 3 rings (SSSR count). The van der Waals surface area contributed by atoms with Gasteiger partial charge in [0.05, 0.1) is 11.5 Å². The summed E-state index contributed by atoms with van der Waals surface area (Å²) in [6.45, 7) is 4.19. The highest BCUT2D eigenvalue weighted by molar-refractivity contribution is 7.89. The molecule has 1 amide bonds. The summed E-state index contributed by atoms with van der Waals surface area (Å²) in [5.41, 5.74) is 4.64. The first-order valence-corrected chi connectivity index (χ1v) is 13.3. The van der Waals surface area contributed by atoms with Gasteiger partial charge in [-0.2, -0.15) is 4.31 Å². The maximum Gasteiger partial charge on any atom is 0.330 e. The van der Waals surface area contributed by atoms with Crippen molar-refractivity contribution in [2.24, 2.45) is 0 Å². The molecular weight excluding hydrogens is 488 g/mol. The normalized spacial score (nSPS) is 15.2. The lowest BCUT2D eigenvalue weighted by atomic mass is 10.2. The van der Waals surface area contributed by atoms with Crippen molar-refractivity contribution in [1.82, 2.24) is 18.8 Å². The molecule has 0 atom stereocenters. The summed E-state index contributed by atoms with van der Waals surface area (Å²) in [4.78, 5) is 44.2. The zero-order chi connectivity index (χ0) is 26.5. The van der Waals surface area contributed by atoms with E-state index in [1.165, 1.54) is 40.2 Å². The molecule has 1 aromatic heterocycles. The van der Waals surface area contributed by atoms with E-state index in [4.69, 9.17) is 10.5 Å². The molecule has 198 valence electrons. The van der Waals surface area contributed by atoms with Gasteiger partial charge in [0.1, 0.15) is 5.82 Å². The summed E-state index contributed by atoms with van der Waals surface area (Å²) in [5.74, 6) is -0.775. The Hall–Kier alpha value is -3.00. The van der Waals surface area contributed by atoms with Crippen LogP contribution in [0.1, 0.15) is 30.1 Å². The number of aromatic nitrogens is 2. The predicted molar refractivity (Wildman–Crippen MR) is 137 cm³/mol. The molecule has 12 nitrogen and oxygen atoms in total. The zero-order valence-electron chi connectivity index (χ0n) is 20.9. The molecule has 0 saturated carbocycles. The fraction of sp³-hybridized carbons (Fsp3) is 0.522. The lowest BCUT2D eigenvalue weighted by molar-refractivity contribution is 0.0975. The second-order valence-corrected chi connectivity index (χ2v) is 10.6. The number of rotatable bonds is 10. The van der Waals surface area contributed by atoms with Crippen LogP contribution in [-0.4, -0.2) is 86.6 Å². The van der Waals surface area contributed by atoms with Crippen molar-refractivity contribution in [2.45, 2.75) is 31.2 Å². The third-order valence-electron chi connectivity index (χ3n) is 6.16. The number of ether oxygens (including phenoxy) is 1. The molecule has 13 heteroatoms. The number of sulfonamides is 1. The number of amides is 1. The number of carbonyl (C=O) groups excluding carboxylic acids is 1. The van der Waals surface area contributed by atoms with E-state index in [9.17, 15) is 22.8 Å². The summed E-state index contributed by atoms with van der Waals surface area (Å²) in [7, 11) is -0.441. The van der Waals surface area contributed by atoms with E-state index in [2.05, 4.69) is 4.98 Å². The first kappa shape index (κ1) is 27.6. The monoisotopic (exact) mass is 522 g/mol. The van der Waals surface area contributed by atoms with Gasteiger partial charge in [-0.1, -0.05) is 19.4 Å². The number of anilines is 2. The second kappa shape index (κ2) is 11.8. The van der Waals surface area contributed by atoms with E-state index in [0.29, 0.717) is 32.6 Å². The summed E-state index contributed by atoms with van der Waals surface area (Å²) < 4.78 is 34.2. The molecular formula is C23H34N6O6S. The minimum Gasteiger partial charge on any atom is -0.383 e. The number of hydrogen-bond acceptors (Lipinski definition) is 8. The van der Waals surface area contributed by atoms with Crippen molar-refractivity contribution in [2.75, 3.05) is 64.1 Å². The van der Waals surface area contributed by atoms with Crippen LogP contribution in [0.4, 0.5) is 11.5 Å². The van der Waals surface area contributed by atoms with Gasteiger partial charge in [0, 0.05) is 51.9 Å². The van der Waals surface area contributed by atoms with Crippen LogP contribution in [0.5, 0.6) is 0 Å². The van der Waals surface area contributed by atoms with Gasteiger partial charge >= 0.3 is 5.69 Å². The van der Waals surface area contributed by atoms with E-state index in [1.54, 1.807) is 0 Å². The average Bonchev–Trinajstić information content (AvgIpc) is 2.85.